The van der Waals surface area contributed by atoms with E-state index in [-0.39, 0.29) is 0 Å². The lowest BCUT2D eigenvalue weighted by atomic mass is 9.86. The Morgan fingerprint density at radius 1 is 0.429 bits per heavy atom. The van der Waals surface area contributed by atoms with Gasteiger partial charge in [0, 0.05) is 27.3 Å². The van der Waals surface area contributed by atoms with Crippen molar-refractivity contribution in [3.63, 3.8) is 0 Å². The van der Waals surface area contributed by atoms with Crippen molar-refractivity contribution in [3.05, 3.63) is 164 Å². The van der Waals surface area contributed by atoms with Crippen molar-refractivity contribution in [2.24, 2.45) is 0 Å². The summed E-state index contributed by atoms with van der Waals surface area (Å²) in [5, 5.41) is 5.87. The number of aromatic nitrogens is 3. The molecule has 0 bridgehead atoms. The Hall–Kier alpha value is -6.04. The molecule has 0 aliphatic carbocycles. The first-order valence-corrected chi connectivity index (χ1v) is 17.4. The zero-order valence-electron chi connectivity index (χ0n) is 26.5. The number of thioether (sulfide) groups is 1. The van der Waals surface area contributed by atoms with E-state index in [2.05, 4.69) is 108 Å². The van der Waals surface area contributed by atoms with Crippen LogP contribution in [0.4, 0.5) is 5.69 Å². The second-order valence-corrected chi connectivity index (χ2v) is 13.0. The molecule has 0 atom stereocenters. The van der Waals surface area contributed by atoms with Crippen LogP contribution in [0, 0.1) is 0 Å². The number of fused-ring (bicyclic) bond motifs is 2. The molecular formula is C44H30N4S. The van der Waals surface area contributed by atoms with Crippen LogP contribution in [0.5, 0.6) is 0 Å². The molecule has 5 heteroatoms. The van der Waals surface area contributed by atoms with Crippen LogP contribution in [0.1, 0.15) is 0 Å². The Morgan fingerprint density at radius 2 is 1.00 bits per heavy atom. The highest BCUT2D eigenvalue weighted by Gasteiger charge is 2.21. The average molecular weight is 647 g/mol. The van der Waals surface area contributed by atoms with Gasteiger partial charge in [0.05, 0.1) is 5.88 Å². The second kappa shape index (κ2) is 12.5. The molecule has 0 fully saturated rings. The molecule has 1 aliphatic rings. The van der Waals surface area contributed by atoms with E-state index < -0.39 is 0 Å². The molecular weight excluding hydrogens is 617 g/mol. The van der Waals surface area contributed by atoms with Gasteiger partial charge in [0.25, 0.3) is 0 Å². The second-order valence-electron chi connectivity index (χ2n) is 12.0. The van der Waals surface area contributed by atoms with E-state index in [1.54, 1.807) is 0 Å². The smallest absolute Gasteiger partial charge is 0.164 e. The molecule has 8 aromatic rings. The van der Waals surface area contributed by atoms with Gasteiger partial charge in [-0.2, -0.15) is 0 Å². The standard InChI is InChI=1S/C44H30N4S/c1-3-14-30(15-4-1)42-46-43(31-16-5-2-6-17-31)48-44(47-42)38-22-10-9-21-37(38)40-34-20-8-7-13-29(34)25-26-35(40)32-18-11-19-33(27-32)36-23-12-24-39-41(36)49-28-45-39/h1-27,45H,28H2. The number of hydrogen-bond acceptors (Lipinski definition) is 5. The molecule has 0 radical (unpaired) electrons. The van der Waals surface area contributed by atoms with Gasteiger partial charge in [-0.3, -0.25) is 0 Å². The summed E-state index contributed by atoms with van der Waals surface area (Å²) in [4.78, 5) is 16.5. The largest absolute Gasteiger partial charge is 0.375 e. The number of nitrogens with one attached hydrogen (secondary N) is 1. The summed E-state index contributed by atoms with van der Waals surface area (Å²) in [7, 11) is 0. The van der Waals surface area contributed by atoms with Gasteiger partial charge in [0.15, 0.2) is 17.5 Å². The van der Waals surface area contributed by atoms with Crippen molar-refractivity contribution in [1.29, 1.82) is 0 Å². The zero-order valence-corrected chi connectivity index (χ0v) is 27.4. The SMILES string of the molecule is c1ccc(-c2nc(-c3ccccc3)nc(-c3ccccc3-c3c(-c4cccc(-c5cccc6c5SCN6)c4)ccc4ccccc34)n2)cc1. The van der Waals surface area contributed by atoms with E-state index in [4.69, 9.17) is 15.0 Å². The van der Waals surface area contributed by atoms with Crippen molar-refractivity contribution in [1.82, 2.24) is 15.0 Å². The summed E-state index contributed by atoms with van der Waals surface area (Å²) >= 11 is 1.86. The van der Waals surface area contributed by atoms with Crippen molar-refractivity contribution in [3.8, 4) is 67.5 Å². The third-order valence-corrected chi connectivity index (χ3v) is 10.1. The first-order valence-electron chi connectivity index (χ1n) is 16.4. The minimum atomic E-state index is 0.639. The Labute approximate surface area is 289 Å². The maximum Gasteiger partial charge on any atom is 0.164 e. The lowest BCUT2D eigenvalue weighted by Gasteiger charge is -2.18. The van der Waals surface area contributed by atoms with Crippen LogP contribution in [0.3, 0.4) is 0 Å². The molecule has 9 rings (SSSR count). The molecule has 7 aromatic carbocycles. The number of hydrogen-bond donors (Lipinski definition) is 1. The number of benzene rings is 7. The molecule has 2 heterocycles. The van der Waals surface area contributed by atoms with E-state index >= 15 is 0 Å². The quantitative estimate of drug-likeness (QED) is 0.195. The highest BCUT2D eigenvalue weighted by Crippen LogP contribution is 2.45. The molecule has 0 saturated carbocycles. The fourth-order valence-electron chi connectivity index (χ4n) is 6.73. The maximum absolute atomic E-state index is 5.12. The molecule has 49 heavy (non-hydrogen) atoms. The van der Waals surface area contributed by atoms with Crippen LogP contribution in [0.25, 0.3) is 78.3 Å². The van der Waals surface area contributed by atoms with Crippen LogP contribution in [0.2, 0.25) is 0 Å². The predicted molar refractivity (Wildman–Crippen MR) is 204 cm³/mol. The lowest BCUT2D eigenvalue weighted by Crippen LogP contribution is -2.01. The number of rotatable bonds is 6. The van der Waals surface area contributed by atoms with Crippen LogP contribution in [0.15, 0.2) is 169 Å². The van der Waals surface area contributed by atoms with E-state index in [0.717, 1.165) is 44.8 Å². The predicted octanol–water partition coefficient (Wildman–Crippen LogP) is 11.5. The summed E-state index contributed by atoms with van der Waals surface area (Å²) in [6.45, 7) is 0. The topological polar surface area (TPSA) is 50.7 Å². The Bertz CT molecular complexity index is 2420. The molecule has 1 N–H and O–H groups in total. The molecule has 4 nitrogen and oxygen atoms in total. The Balaban J connectivity index is 1.27. The maximum atomic E-state index is 5.12. The average Bonchev–Trinajstić information content (AvgIpc) is 3.68. The third-order valence-electron chi connectivity index (χ3n) is 9.04. The fourth-order valence-corrected chi connectivity index (χ4v) is 7.74. The molecule has 1 aromatic heterocycles. The van der Waals surface area contributed by atoms with Crippen molar-refractivity contribution < 1.29 is 0 Å². The zero-order chi connectivity index (χ0) is 32.6. The molecule has 0 saturated heterocycles. The van der Waals surface area contributed by atoms with Gasteiger partial charge in [-0.05, 0) is 56.3 Å². The Morgan fingerprint density at radius 3 is 1.76 bits per heavy atom. The summed E-state index contributed by atoms with van der Waals surface area (Å²) in [5.41, 5.74) is 11.1. The fraction of sp³-hybridized carbons (Fsp3) is 0.0227. The Kier molecular flexibility index (Phi) is 7.45. The monoisotopic (exact) mass is 646 g/mol. The molecule has 232 valence electrons. The van der Waals surface area contributed by atoms with Gasteiger partial charge in [0.1, 0.15) is 0 Å². The molecule has 0 amide bonds. The molecule has 1 aliphatic heterocycles. The van der Waals surface area contributed by atoms with Gasteiger partial charge >= 0.3 is 0 Å². The summed E-state index contributed by atoms with van der Waals surface area (Å²) in [6.07, 6.45) is 0. The van der Waals surface area contributed by atoms with Crippen LogP contribution in [-0.4, -0.2) is 20.8 Å². The summed E-state index contributed by atoms with van der Waals surface area (Å²) < 4.78 is 0. The number of anilines is 1. The highest BCUT2D eigenvalue weighted by atomic mass is 32.2. The van der Waals surface area contributed by atoms with Crippen molar-refractivity contribution in [2.75, 3.05) is 11.2 Å². The van der Waals surface area contributed by atoms with Crippen molar-refractivity contribution in [2.45, 2.75) is 4.90 Å². The van der Waals surface area contributed by atoms with E-state index in [0.29, 0.717) is 17.5 Å². The summed E-state index contributed by atoms with van der Waals surface area (Å²) in [5.74, 6) is 2.83. The normalized spacial score (nSPS) is 12.1. The van der Waals surface area contributed by atoms with Gasteiger partial charge in [-0.15, -0.1) is 11.8 Å². The molecule has 0 unspecified atom stereocenters. The van der Waals surface area contributed by atoms with Crippen LogP contribution < -0.4 is 5.32 Å². The highest BCUT2D eigenvalue weighted by molar-refractivity contribution is 8.00. The van der Waals surface area contributed by atoms with Crippen molar-refractivity contribution >= 4 is 28.2 Å². The van der Waals surface area contributed by atoms with Crippen LogP contribution >= 0.6 is 11.8 Å². The first kappa shape index (κ1) is 29.1. The minimum Gasteiger partial charge on any atom is -0.375 e. The van der Waals surface area contributed by atoms with Gasteiger partial charge < -0.3 is 5.32 Å². The van der Waals surface area contributed by atoms with E-state index in [9.17, 15) is 0 Å². The first-order chi connectivity index (χ1) is 24.3. The van der Waals surface area contributed by atoms with Gasteiger partial charge in [-0.1, -0.05) is 152 Å². The number of nitrogens with zero attached hydrogens (tertiary/aromatic N) is 3. The van der Waals surface area contributed by atoms with E-state index in [1.807, 2.05) is 72.4 Å². The minimum absolute atomic E-state index is 0.639. The van der Waals surface area contributed by atoms with Gasteiger partial charge in [-0.25, -0.2) is 15.0 Å². The van der Waals surface area contributed by atoms with Crippen LogP contribution in [-0.2, 0) is 0 Å². The molecule has 0 spiro atoms. The lowest BCUT2D eigenvalue weighted by molar-refractivity contribution is 1.07. The third kappa shape index (κ3) is 5.44. The van der Waals surface area contributed by atoms with E-state index in [1.165, 1.54) is 32.5 Å². The summed E-state index contributed by atoms with van der Waals surface area (Å²) in [6, 6.07) is 57.4. The van der Waals surface area contributed by atoms with Gasteiger partial charge in [0.2, 0.25) is 0 Å².